The first-order valence-electron chi connectivity index (χ1n) is 8.08. The van der Waals surface area contributed by atoms with Gasteiger partial charge >= 0.3 is 0 Å². The molecule has 0 aromatic heterocycles. The van der Waals surface area contributed by atoms with Crippen molar-refractivity contribution < 1.29 is 9.59 Å². The van der Waals surface area contributed by atoms with Gasteiger partial charge in [-0.05, 0) is 63.4 Å². The van der Waals surface area contributed by atoms with Gasteiger partial charge in [-0.15, -0.1) is 0 Å². The Morgan fingerprint density at radius 1 is 1.00 bits per heavy atom. The molecule has 2 fully saturated rings. The highest BCUT2D eigenvalue weighted by Crippen LogP contribution is 2.57. The van der Waals surface area contributed by atoms with E-state index < -0.39 is 0 Å². The van der Waals surface area contributed by atoms with Crippen molar-refractivity contribution in [1.82, 2.24) is 0 Å². The molecule has 0 radical (unpaired) electrons. The van der Waals surface area contributed by atoms with E-state index in [0.29, 0.717) is 23.4 Å². The van der Waals surface area contributed by atoms with E-state index in [1.807, 2.05) is 6.08 Å². The fourth-order valence-corrected chi connectivity index (χ4v) is 5.25. The molecule has 0 aromatic rings. The Labute approximate surface area is 120 Å². The van der Waals surface area contributed by atoms with Gasteiger partial charge in [0.2, 0.25) is 0 Å². The highest BCUT2D eigenvalue weighted by molar-refractivity contribution is 5.92. The van der Waals surface area contributed by atoms with E-state index in [-0.39, 0.29) is 5.41 Å². The molecule has 4 rings (SSSR count). The van der Waals surface area contributed by atoms with Crippen LogP contribution in [0.5, 0.6) is 0 Å². The topological polar surface area (TPSA) is 34.1 Å². The Hall–Kier alpha value is -1.18. The molecular weight excluding hydrogens is 248 g/mol. The number of fused-ring (bicyclic) bond motifs is 4. The summed E-state index contributed by atoms with van der Waals surface area (Å²) < 4.78 is 0. The molecule has 0 aromatic carbocycles. The standard InChI is InChI=1S/C18H22O2/c1-18-9-8-14-13-5-3-12(19)10-11(13)2-4-15(14)16(18)6-7-17(18)20/h10,13-14H,2-9H2,1H3/t13-,14+,18-/m0/s1. The Morgan fingerprint density at radius 2 is 1.85 bits per heavy atom. The highest BCUT2D eigenvalue weighted by Gasteiger charge is 2.49. The minimum atomic E-state index is -0.127. The number of ketones is 2. The predicted octanol–water partition coefficient (Wildman–Crippen LogP) is 3.76. The lowest BCUT2D eigenvalue weighted by atomic mass is 9.59. The van der Waals surface area contributed by atoms with Crippen molar-refractivity contribution in [3.8, 4) is 0 Å². The number of rotatable bonds is 0. The zero-order chi connectivity index (χ0) is 13.9. The molecule has 2 heteroatoms. The van der Waals surface area contributed by atoms with Crippen LogP contribution in [0.4, 0.5) is 0 Å². The molecule has 106 valence electrons. The molecule has 0 bridgehead atoms. The highest BCUT2D eigenvalue weighted by atomic mass is 16.1. The molecule has 0 unspecified atom stereocenters. The summed E-state index contributed by atoms with van der Waals surface area (Å²) in [5, 5.41) is 0. The lowest BCUT2D eigenvalue weighted by molar-refractivity contribution is -0.124. The number of carbonyl (C=O) groups is 2. The van der Waals surface area contributed by atoms with Gasteiger partial charge in [-0.1, -0.05) is 16.7 Å². The van der Waals surface area contributed by atoms with E-state index in [0.717, 1.165) is 51.4 Å². The SMILES string of the molecule is C[C@]12CC[C@H]3C(=C1CCC2=O)CCC1=CC(=O)CC[C@@H]13. The van der Waals surface area contributed by atoms with E-state index in [4.69, 9.17) is 0 Å². The van der Waals surface area contributed by atoms with Crippen LogP contribution in [-0.4, -0.2) is 11.6 Å². The number of carbonyl (C=O) groups excluding carboxylic acids is 2. The van der Waals surface area contributed by atoms with Gasteiger partial charge in [0.25, 0.3) is 0 Å². The Bertz CT molecular complexity index is 566. The first-order valence-corrected chi connectivity index (χ1v) is 8.08. The van der Waals surface area contributed by atoms with Crippen molar-refractivity contribution in [2.24, 2.45) is 17.3 Å². The fraction of sp³-hybridized carbons (Fsp3) is 0.667. The van der Waals surface area contributed by atoms with Gasteiger partial charge < -0.3 is 0 Å². The summed E-state index contributed by atoms with van der Waals surface area (Å²) in [7, 11) is 0. The first kappa shape index (κ1) is 12.6. The summed E-state index contributed by atoms with van der Waals surface area (Å²) >= 11 is 0. The van der Waals surface area contributed by atoms with Gasteiger partial charge in [0.15, 0.2) is 5.78 Å². The lowest BCUT2D eigenvalue weighted by Gasteiger charge is -2.45. The average Bonchev–Trinajstić information content (AvgIpc) is 2.74. The second-order valence-corrected chi connectivity index (χ2v) is 7.23. The van der Waals surface area contributed by atoms with Crippen molar-refractivity contribution in [2.75, 3.05) is 0 Å². The van der Waals surface area contributed by atoms with Gasteiger partial charge in [-0.3, -0.25) is 9.59 Å². The summed E-state index contributed by atoms with van der Waals surface area (Å²) in [5.74, 6) is 2.03. The molecular formula is C18H22O2. The smallest absolute Gasteiger partial charge is 0.155 e. The molecule has 2 nitrogen and oxygen atoms in total. The molecule has 0 heterocycles. The molecule has 0 N–H and O–H groups in total. The third kappa shape index (κ3) is 1.57. The van der Waals surface area contributed by atoms with E-state index in [2.05, 4.69) is 6.92 Å². The van der Waals surface area contributed by atoms with Gasteiger partial charge in [-0.25, -0.2) is 0 Å². The maximum atomic E-state index is 12.2. The quantitative estimate of drug-likeness (QED) is 0.628. The third-order valence-corrected chi connectivity index (χ3v) is 6.37. The van der Waals surface area contributed by atoms with E-state index >= 15 is 0 Å². The molecule has 3 atom stereocenters. The van der Waals surface area contributed by atoms with Crippen molar-refractivity contribution in [3.63, 3.8) is 0 Å². The summed E-state index contributed by atoms with van der Waals surface area (Å²) in [4.78, 5) is 23.9. The minimum Gasteiger partial charge on any atom is -0.299 e. The second kappa shape index (κ2) is 4.16. The number of hydrogen-bond acceptors (Lipinski definition) is 2. The molecule has 0 spiro atoms. The Balaban J connectivity index is 1.76. The molecule has 4 aliphatic rings. The third-order valence-electron chi connectivity index (χ3n) is 6.37. The largest absolute Gasteiger partial charge is 0.299 e. The Morgan fingerprint density at radius 3 is 2.70 bits per heavy atom. The maximum Gasteiger partial charge on any atom is 0.155 e. The normalized spacial score (nSPS) is 40.1. The number of hydrogen-bond donors (Lipinski definition) is 0. The van der Waals surface area contributed by atoms with Crippen LogP contribution in [-0.2, 0) is 9.59 Å². The van der Waals surface area contributed by atoms with Gasteiger partial charge in [0.1, 0.15) is 5.78 Å². The van der Waals surface area contributed by atoms with Crippen LogP contribution in [0.25, 0.3) is 0 Å². The van der Waals surface area contributed by atoms with Crippen LogP contribution in [0.15, 0.2) is 22.8 Å². The van der Waals surface area contributed by atoms with Gasteiger partial charge in [0, 0.05) is 18.3 Å². The van der Waals surface area contributed by atoms with Gasteiger partial charge in [-0.2, -0.15) is 0 Å². The summed E-state index contributed by atoms with van der Waals surface area (Å²) in [6.45, 7) is 2.18. The molecule has 0 amide bonds. The van der Waals surface area contributed by atoms with E-state index in [1.165, 1.54) is 11.1 Å². The first-order chi connectivity index (χ1) is 9.59. The molecule has 0 saturated heterocycles. The zero-order valence-electron chi connectivity index (χ0n) is 12.2. The second-order valence-electron chi connectivity index (χ2n) is 7.23. The van der Waals surface area contributed by atoms with Crippen LogP contribution >= 0.6 is 0 Å². The van der Waals surface area contributed by atoms with Gasteiger partial charge in [0.05, 0.1) is 0 Å². The summed E-state index contributed by atoms with van der Waals surface area (Å²) in [6, 6.07) is 0. The van der Waals surface area contributed by atoms with Crippen LogP contribution in [0.3, 0.4) is 0 Å². The molecule has 2 saturated carbocycles. The number of allylic oxidation sites excluding steroid dienone is 4. The fourth-order valence-electron chi connectivity index (χ4n) is 5.25. The minimum absolute atomic E-state index is 0.127. The van der Waals surface area contributed by atoms with Crippen molar-refractivity contribution in [2.45, 2.75) is 58.3 Å². The zero-order valence-corrected chi connectivity index (χ0v) is 12.2. The molecule has 0 aliphatic heterocycles. The predicted molar refractivity (Wildman–Crippen MR) is 77.1 cm³/mol. The molecule has 20 heavy (non-hydrogen) atoms. The van der Waals surface area contributed by atoms with Crippen LogP contribution in [0.1, 0.15) is 58.3 Å². The lowest BCUT2D eigenvalue weighted by Crippen LogP contribution is -2.36. The number of Topliss-reactive ketones (excluding diaryl/α,β-unsaturated/α-hetero) is 1. The maximum absolute atomic E-state index is 12.2. The van der Waals surface area contributed by atoms with Crippen molar-refractivity contribution >= 4 is 11.6 Å². The molecule has 4 aliphatic carbocycles. The summed E-state index contributed by atoms with van der Waals surface area (Å²) in [6.07, 6.45) is 9.79. The van der Waals surface area contributed by atoms with E-state index in [9.17, 15) is 9.59 Å². The monoisotopic (exact) mass is 270 g/mol. The van der Waals surface area contributed by atoms with E-state index in [1.54, 1.807) is 5.57 Å². The van der Waals surface area contributed by atoms with Crippen LogP contribution < -0.4 is 0 Å². The van der Waals surface area contributed by atoms with Crippen LogP contribution in [0, 0.1) is 17.3 Å². The average molecular weight is 270 g/mol. The van der Waals surface area contributed by atoms with Crippen molar-refractivity contribution in [1.29, 1.82) is 0 Å². The Kier molecular flexibility index (Phi) is 2.61. The van der Waals surface area contributed by atoms with Crippen LogP contribution in [0.2, 0.25) is 0 Å². The summed E-state index contributed by atoms with van der Waals surface area (Å²) in [5.41, 5.74) is 4.39. The van der Waals surface area contributed by atoms with Crippen molar-refractivity contribution in [3.05, 3.63) is 22.8 Å².